The Morgan fingerprint density at radius 1 is 1.07 bits per heavy atom. The Morgan fingerprint density at radius 3 is 2.24 bits per heavy atom. The summed E-state index contributed by atoms with van der Waals surface area (Å²) in [6.07, 6.45) is 1.24. The summed E-state index contributed by atoms with van der Waals surface area (Å²) in [7, 11) is -3.71. The lowest BCUT2D eigenvalue weighted by Gasteiger charge is -2.23. The van der Waals surface area contributed by atoms with Gasteiger partial charge < -0.3 is 9.88 Å². The summed E-state index contributed by atoms with van der Waals surface area (Å²) in [6.45, 7) is 7.90. The van der Waals surface area contributed by atoms with Crippen LogP contribution in [0.5, 0.6) is 0 Å². The second kappa shape index (κ2) is 9.84. The average Bonchev–Trinajstić information content (AvgIpc) is 2.69. The summed E-state index contributed by atoms with van der Waals surface area (Å²) in [4.78, 5) is 24.8. The van der Waals surface area contributed by atoms with E-state index in [4.69, 9.17) is 0 Å². The number of sulfonamides is 1. The molecule has 0 saturated carbocycles. The van der Waals surface area contributed by atoms with Crippen molar-refractivity contribution in [2.24, 2.45) is 5.92 Å². The van der Waals surface area contributed by atoms with Crippen molar-refractivity contribution in [3.05, 3.63) is 64.6 Å². The zero-order valence-electron chi connectivity index (χ0n) is 17.3. The molecular weight excluding hydrogens is 390 g/mol. The monoisotopic (exact) mass is 419 g/mol. The van der Waals surface area contributed by atoms with Crippen molar-refractivity contribution in [3.8, 4) is 0 Å². The highest BCUT2D eigenvalue weighted by molar-refractivity contribution is 7.89. The van der Waals surface area contributed by atoms with Crippen LogP contribution >= 0.6 is 0 Å². The molecule has 1 aromatic carbocycles. The van der Waals surface area contributed by atoms with Crippen molar-refractivity contribution >= 4 is 15.9 Å². The van der Waals surface area contributed by atoms with Crippen molar-refractivity contribution in [2.75, 3.05) is 13.1 Å². The van der Waals surface area contributed by atoms with E-state index in [9.17, 15) is 18.0 Å². The lowest BCUT2D eigenvalue weighted by Crippen LogP contribution is -2.37. The van der Waals surface area contributed by atoms with E-state index in [0.717, 1.165) is 10.1 Å². The Hall–Kier alpha value is -2.45. The Bertz CT molecular complexity index is 980. The van der Waals surface area contributed by atoms with Crippen molar-refractivity contribution in [1.82, 2.24) is 14.2 Å². The zero-order valence-corrected chi connectivity index (χ0v) is 18.1. The fourth-order valence-electron chi connectivity index (χ4n) is 3.17. The van der Waals surface area contributed by atoms with E-state index in [1.807, 2.05) is 44.2 Å². The highest BCUT2D eigenvalue weighted by Crippen LogP contribution is 2.21. The molecule has 29 heavy (non-hydrogen) atoms. The number of hydrogen-bond donors (Lipinski definition) is 1. The molecule has 0 aliphatic rings. The van der Waals surface area contributed by atoms with Gasteiger partial charge in [-0.15, -0.1) is 0 Å². The Kier molecular flexibility index (Phi) is 7.75. The molecule has 0 fully saturated rings. The molecule has 1 atom stereocenters. The standard InChI is InChI=1S/C21H29N3O4S/c1-5-24(6-2)29(27,28)18-12-13-20(26)23(14-18)15-19(25)22-21(16(3)4)17-10-8-7-9-11-17/h7-14,16,21H,5-6,15H2,1-4H3,(H,22,25). The van der Waals surface area contributed by atoms with E-state index >= 15 is 0 Å². The van der Waals surface area contributed by atoms with Crippen LogP contribution in [0.4, 0.5) is 0 Å². The van der Waals surface area contributed by atoms with Crippen molar-refractivity contribution in [1.29, 1.82) is 0 Å². The van der Waals surface area contributed by atoms with Gasteiger partial charge in [0.15, 0.2) is 0 Å². The van der Waals surface area contributed by atoms with E-state index in [-0.39, 0.29) is 29.3 Å². The molecule has 1 N–H and O–H groups in total. The van der Waals surface area contributed by atoms with Gasteiger partial charge in [-0.05, 0) is 17.5 Å². The largest absolute Gasteiger partial charge is 0.347 e. The molecule has 0 bridgehead atoms. The molecule has 1 unspecified atom stereocenters. The fourth-order valence-corrected chi connectivity index (χ4v) is 4.65. The van der Waals surface area contributed by atoms with Crippen LogP contribution in [0.15, 0.2) is 58.4 Å². The van der Waals surface area contributed by atoms with Crippen LogP contribution in [0.25, 0.3) is 0 Å². The summed E-state index contributed by atoms with van der Waals surface area (Å²) in [5, 5.41) is 2.95. The number of carbonyl (C=O) groups is 1. The maximum Gasteiger partial charge on any atom is 0.251 e. The molecular formula is C21H29N3O4S. The Labute approximate surface area is 172 Å². The molecule has 1 heterocycles. The number of nitrogens with zero attached hydrogens (tertiary/aromatic N) is 2. The third-order valence-electron chi connectivity index (χ3n) is 4.76. The first-order valence-electron chi connectivity index (χ1n) is 9.75. The van der Waals surface area contributed by atoms with Crippen molar-refractivity contribution < 1.29 is 13.2 Å². The van der Waals surface area contributed by atoms with E-state index in [2.05, 4.69) is 5.32 Å². The van der Waals surface area contributed by atoms with Gasteiger partial charge in [0.05, 0.1) is 10.9 Å². The minimum atomic E-state index is -3.71. The predicted octanol–water partition coefficient (Wildman–Crippen LogP) is 2.39. The summed E-state index contributed by atoms with van der Waals surface area (Å²) >= 11 is 0. The number of benzene rings is 1. The van der Waals surface area contributed by atoms with Crippen molar-refractivity contribution in [3.63, 3.8) is 0 Å². The van der Waals surface area contributed by atoms with Crippen LogP contribution in [0, 0.1) is 5.92 Å². The average molecular weight is 420 g/mol. The van der Waals surface area contributed by atoms with Gasteiger partial charge >= 0.3 is 0 Å². The number of aromatic nitrogens is 1. The molecule has 2 aromatic rings. The summed E-state index contributed by atoms with van der Waals surface area (Å²) < 4.78 is 27.9. The first kappa shape index (κ1) is 22.8. The van der Waals surface area contributed by atoms with Crippen molar-refractivity contribution in [2.45, 2.75) is 45.2 Å². The van der Waals surface area contributed by atoms with Crippen LogP contribution in [0.1, 0.15) is 39.3 Å². The van der Waals surface area contributed by atoms with E-state index in [1.165, 1.54) is 22.6 Å². The third-order valence-corrected chi connectivity index (χ3v) is 6.79. The third kappa shape index (κ3) is 5.55. The molecule has 0 aliphatic heterocycles. The Morgan fingerprint density at radius 2 is 1.69 bits per heavy atom. The van der Waals surface area contributed by atoms with E-state index < -0.39 is 15.6 Å². The number of amides is 1. The molecule has 0 spiro atoms. The summed E-state index contributed by atoms with van der Waals surface area (Å²) in [6, 6.07) is 11.9. The first-order valence-corrected chi connectivity index (χ1v) is 11.2. The predicted molar refractivity (Wildman–Crippen MR) is 113 cm³/mol. The topological polar surface area (TPSA) is 88.5 Å². The Balaban J connectivity index is 2.25. The molecule has 0 saturated heterocycles. The molecule has 0 radical (unpaired) electrons. The maximum absolute atomic E-state index is 12.7. The molecule has 1 aromatic heterocycles. The van der Waals surface area contributed by atoms with Crippen LogP contribution in [-0.2, 0) is 21.4 Å². The molecule has 1 amide bonds. The normalized spacial score (nSPS) is 12.9. The molecule has 0 aliphatic carbocycles. The summed E-state index contributed by atoms with van der Waals surface area (Å²) in [5.41, 5.74) is 0.542. The maximum atomic E-state index is 12.7. The number of rotatable bonds is 9. The minimum Gasteiger partial charge on any atom is -0.347 e. The van der Waals surface area contributed by atoms with Gasteiger partial charge in [-0.1, -0.05) is 58.0 Å². The number of pyridine rings is 1. The summed E-state index contributed by atoms with van der Waals surface area (Å²) in [5.74, 6) is -0.209. The highest BCUT2D eigenvalue weighted by Gasteiger charge is 2.23. The lowest BCUT2D eigenvalue weighted by atomic mass is 9.96. The van der Waals surface area contributed by atoms with Crippen LogP contribution in [0.3, 0.4) is 0 Å². The lowest BCUT2D eigenvalue weighted by molar-refractivity contribution is -0.122. The highest BCUT2D eigenvalue weighted by atomic mass is 32.2. The number of hydrogen-bond acceptors (Lipinski definition) is 4. The number of carbonyl (C=O) groups excluding carboxylic acids is 1. The second-order valence-electron chi connectivity index (χ2n) is 7.12. The van der Waals surface area contributed by atoms with Gasteiger partial charge in [-0.2, -0.15) is 4.31 Å². The van der Waals surface area contributed by atoms with Gasteiger partial charge in [0, 0.05) is 25.4 Å². The first-order chi connectivity index (χ1) is 13.7. The van der Waals surface area contributed by atoms with Crippen LogP contribution < -0.4 is 10.9 Å². The second-order valence-corrected chi connectivity index (χ2v) is 9.06. The molecule has 158 valence electrons. The quantitative estimate of drug-likeness (QED) is 0.676. The molecule has 8 heteroatoms. The fraction of sp³-hybridized carbons (Fsp3) is 0.429. The van der Waals surface area contributed by atoms with Gasteiger partial charge in [-0.25, -0.2) is 8.42 Å². The van der Waals surface area contributed by atoms with E-state index in [1.54, 1.807) is 13.8 Å². The smallest absolute Gasteiger partial charge is 0.251 e. The molecule has 2 rings (SSSR count). The number of nitrogens with one attached hydrogen (secondary N) is 1. The van der Waals surface area contributed by atoms with Gasteiger partial charge in [-0.3, -0.25) is 9.59 Å². The SMILES string of the molecule is CCN(CC)S(=O)(=O)c1ccc(=O)n(CC(=O)NC(c2ccccc2)C(C)C)c1. The van der Waals surface area contributed by atoms with Gasteiger partial charge in [0.2, 0.25) is 15.9 Å². The minimum absolute atomic E-state index is 0.00271. The van der Waals surface area contributed by atoms with E-state index in [0.29, 0.717) is 13.1 Å². The van der Waals surface area contributed by atoms with Gasteiger partial charge in [0.1, 0.15) is 6.54 Å². The van der Waals surface area contributed by atoms with Crippen LogP contribution in [-0.4, -0.2) is 36.3 Å². The van der Waals surface area contributed by atoms with Crippen LogP contribution in [0.2, 0.25) is 0 Å². The molecule has 7 nitrogen and oxygen atoms in total. The zero-order chi connectivity index (χ0) is 21.6. The van der Waals surface area contributed by atoms with Gasteiger partial charge in [0.25, 0.3) is 5.56 Å².